The number of nitrogens with one attached hydrogen (secondary N) is 1. The van der Waals surface area contributed by atoms with Crippen LogP contribution in [0, 0.1) is 5.92 Å². The zero-order valence-corrected chi connectivity index (χ0v) is 13.9. The maximum absolute atomic E-state index is 12.5. The predicted octanol–water partition coefficient (Wildman–Crippen LogP) is 0.207. The van der Waals surface area contributed by atoms with Gasteiger partial charge in [0.25, 0.3) is 11.7 Å². The smallest absolute Gasteiger partial charge is 0.288 e. The lowest BCUT2D eigenvalue weighted by molar-refractivity contribution is -0.382. The zero-order chi connectivity index (χ0) is 17.1. The molecular weight excluding hydrogens is 304 g/mol. The molecule has 0 aromatic heterocycles. The van der Waals surface area contributed by atoms with Gasteiger partial charge in [0.2, 0.25) is 0 Å². The summed E-state index contributed by atoms with van der Waals surface area (Å²) in [5.74, 6) is -0.196. The first-order valence-corrected chi connectivity index (χ1v) is 8.03. The van der Waals surface area contributed by atoms with Gasteiger partial charge in [-0.05, 0) is 24.5 Å². The molecule has 6 nitrogen and oxygen atoms in total. The maximum Gasteiger partial charge on any atom is 0.417 e. The summed E-state index contributed by atoms with van der Waals surface area (Å²) >= 11 is 0. The SMILES string of the molecule is CN1C(=O)C2C(=NCCCc3ccccc3)C=C[NH+]=C2N(C)C1=O. The van der Waals surface area contributed by atoms with Crippen LogP contribution in [0.3, 0.4) is 0 Å². The van der Waals surface area contributed by atoms with Crippen LogP contribution in [0.25, 0.3) is 0 Å². The first-order chi connectivity index (χ1) is 11.6. The number of aryl methyl sites for hydroxylation is 1. The summed E-state index contributed by atoms with van der Waals surface area (Å²) in [5.41, 5.74) is 1.98. The lowest BCUT2D eigenvalue weighted by Crippen LogP contribution is -2.79. The number of hydrogen-bond donors (Lipinski definition) is 1. The molecule has 1 atom stereocenters. The number of amidine groups is 1. The number of carbonyl (C=O) groups excluding carboxylic acids is 2. The second kappa shape index (κ2) is 6.78. The molecular formula is C18H21N4O2+. The zero-order valence-electron chi connectivity index (χ0n) is 13.9. The van der Waals surface area contributed by atoms with Gasteiger partial charge in [0.05, 0.1) is 19.0 Å². The van der Waals surface area contributed by atoms with Crippen molar-refractivity contribution in [1.29, 1.82) is 0 Å². The van der Waals surface area contributed by atoms with Crippen LogP contribution in [0.1, 0.15) is 12.0 Å². The Morgan fingerprint density at radius 1 is 1.12 bits per heavy atom. The van der Waals surface area contributed by atoms with Crippen molar-refractivity contribution in [2.75, 3.05) is 20.6 Å². The Balaban J connectivity index is 1.70. The monoisotopic (exact) mass is 325 g/mol. The molecule has 2 heterocycles. The van der Waals surface area contributed by atoms with Gasteiger partial charge in [-0.25, -0.2) is 14.7 Å². The second-order valence-electron chi connectivity index (χ2n) is 5.93. The number of hydrogen-bond acceptors (Lipinski definition) is 3. The van der Waals surface area contributed by atoms with Crippen molar-refractivity contribution in [2.24, 2.45) is 10.9 Å². The molecule has 6 heteroatoms. The molecule has 3 rings (SSSR count). The van der Waals surface area contributed by atoms with E-state index in [1.54, 1.807) is 13.2 Å². The molecule has 0 aliphatic carbocycles. The Hall–Kier alpha value is -2.76. The average Bonchev–Trinajstić information content (AvgIpc) is 2.62. The van der Waals surface area contributed by atoms with Crippen molar-refractivity contribution < 1.29 is 14.6 Å². The highest BCUT2D eigenvalue weighted by molar-refractivity contribution is 6.30. The number of carbonyl (C=O) groups is 2. The Labute approximate surface area is 141 Å². The molecule has 0 bridgehead atoms. The summed E-state index contributed by atoms with van der Waals surface area (Å²) in [6.45, 7) is 0.646. The fourth-order valence-electron chi connectivity index (χ4n) is 2.96. The van der Waals surface area contributed by atoms with Crippen molar-refractivity contribution in [1.82, 2.24) is 9.80 Å². The number of aliphatic imine (C=N–C) groups is 1. The van der Waals surface area contributed by atoms with Gasteiger partial charge in [-0.3, -0.25) is 9.79 Å². The topological polar surface area (TPSA) is 67.0 Å². The van der Waals surface area contributed by atoms with Crippen molar-refractivity contribution in [3.63, 3.8) is 0 Å². The average molecular weight is 325 g/mol. The number of fused-ring (bicyclic) bond motifs is 1. The Kier molecular flexibility index (Phi) is 4.55. The van der Waals surface area contributed by atoms with Gasteiger partial charge in [0, 0.05) is 13.6 Å². The molecule has 24 heavy (non-hydrogen) atoms. The van der Waals surface area contributed by atoms with E-state index in [4.69, 9.17) is 0 Å². The number of allylic oxidation sites excluding steroid dienone is 1. The lowest BCUT2D eigenvalue weighted by atomic mass is 9.95. The molecule has 1 unspecified atom stereocenters. The first-order valence-electron chi connectivity index (χ1n) is 8.03. The molecule has 1 N–H and O–H groups in total. The van der Waals surface area contributed by atoms with E-state index in [0.29, 0.717) is 18.1 Å². The summed E-state index contributed by atoms with van der Waals surface area (Å²) in [5, 5.41) is 0. The van der Waals surface area contributed by atoms with Crippen molar-refractivity contribution in [3.8, 4) is 0 Å². The number of imide groups is 1. The van der Waals surface area contributed by atoms with E-state index in [1.165, 1.54) is 17.5 Å². The fourth-order valence-corrected chi connectivity index (χ4v) is 2.96. The highest BCUT2D eigenvalue weighted by Crippen LogP contribution is 2.18. The number of benzene rings is 1. The van der Waals surface area contributed by atoms with E-state index in [1.807, 2.05) is 24.3 Å². The minimum Gasteiger partial charge on any atom is -0.288 e. The lowest BCUT2D eigenvalue weighted by Gasteiger charge is -2.31. The van der Waals surface area contributed by atoms with Crippen molar-refractivity contribution in [2.45, 2.75) is 12.8 Å². The summed E-state index contributed by atoms with van der Waals surface area (Å²) < 4.78 is 0. The van der Waals surface area contributed by atoms with Crippen LogP contribution >= 0.6 is 0 Å². The van der Waals surface area contributed by atoms with Crippen LogP contribution in [-0.4, -0.2) is 53.9 Å². The quantitative estimate of drug-likeness (QED) is 0.804. The summed E-state index contributed by atoms with van der Waals surface area (Å²) in [6.07, 6.45) is 5.40. The highest BCUT2D eigenvalue weighted by atomic mass is 16.2. The van der Waals surface area contributed by atoms with E-state index in [-0.39, 0.29) is 11.9 Å². The standard InChI is InChI=1S/C18H20N4O2/c1-21-16-15(17(23)22(2)18(21)24)14(10-12-20-16)19-11-6-9-13-7-4-3-5-8-13/h3-5,7-8,10,12,15H,6,9,11H2,1-2H3/p+1. The van der Waals surface area contributed by atoms with Gasteiger partial charge in [-0.2, -0.15) is 4.90 Å². The van der Waals surface area contributed by atoms with Crippen LogP contribution in [0.2, 0.25) is 0 Å². The van der Waals surface area contributed by atoms with Crippen LogP contribution in [0.4, 0.5) is 4.79 Å². The van der Waals surface area contributed by atoms with Crippen LogP contribution in [-0.2, 0) is 11.2 Å². The number of rotatable bonds is 4. The van der Waals surface area contributed by atoms with E-state index in [0.717, 1.165) is 17.7 Å². The third-order valence-corrected chi connectivity index (χ3v) is 4.33. The first kappa shape index (κ1) is 16.1. The van der Waals surface area contributed by atoms with Gasteiger partial charge < -0.3 is 0 Å². The Morgan fingerprint density at radius 3 is 2.62 bits per heavy atom. The molecule has 1 aromatic rings. The molecule has 124 valence electrons. The molecule has 0 saturated carbocycles. The Morgan fingerprint density at radius 2 is 1.88 bits per heavy atom. The van der Waals surface area contributed by atoms with Gasteiger partial charge >= 0.3 is 6.03 Å². The van der Waals surface area contributed by atoms with Gasteiger partial charge in [-0.1, -0.05) is 30.3 Å². The molecule has 1 fully saturated rings. The van der Waals surface area contributed by atoms with Crippen LogP contribution in [0.5, 0.6) is 0 Å². The molecule has 3 amide bonds. The molecule has 1 aromatic carbocycles. The van der Waals surface area contributed by atoms with E-state index >= 15 is 0 Å². The van der Waals surface area contributed by atoms with E-state index < -0.39 is 5.92 Å². The molecule has 0 radical (unpaired) electrons. The molecule has 2 aliphatic heterocycles. The molecule has 0 spiro atoms. The largest absolute Gasteiger partial charge is 0.417 e. The second-order valence-corrected chi connectivity index (χ2v) is 5.93. The summed E-state index contributed by atoms with van der Waals surface area (Å²) in [6, 6.07) is 9.93. The van der Waals surface area contributed by atoms with E-state index in [2.05, 4.69) is 22.1 Å². The minimum atomic E-state index is -0.528. The van der Waals surface area contributed by atoms with Crippen LogP contribution < -0.4 is 4.99 Å². The number of nitrogens with zero attached hydrogens (tertiary/aromatic N) is 3. The number of urea groups is 1. The molecule has 1 saturated heterocycles. The fraction of sp³-hybridized carbons (Fsp3) is 0.333. The normalized spacial score (nSPS) is 22.0. The van der Waals surface area contributed by atoms with Crippen molar-refractivity contribution >= 4 is 23.5 Å². The number of amides is 3. The van der Waals surface area contributed by atoms with E-state index in [9.17, 15) is 9.59 Å². The minimum absolute atomic E-state index is 0.244. The summed E-state index contributed by atoms with van der Waals surface area (Å²) in [7, 11) is 3.16. The predicted molar refractivity (Wildman–Crippen MR) is 91.6 cm³/mol. The van der Waals surface area contributed by atoms with Gasteiger partial charge in [0.15, 0.2) is 5.92 Å². The van der Waals surface area contributed by atoms with Gasteiger partial charge in [-0.15, -0.1) is 0 Å². The summed E-state index contributed by atoms with van der Waals surface area (Å²) in [4.78, 5) is 34.7. The maximum atomic E-state index is 12.5. The Bertz CT molecular complexity index is 737. The third-order valence-electron chi connectivity index (χ3n) is 4.33. The highest BCUT2D eigenvalue weighted by Gasteiger charge is 2.49. The van der Waals surface area contributed by atoms with Crippen LogP contribution in [0.15, 0.2) is 47.6 Å². The molecule has 2 aliphatic rings. The van der Waals surface area contributed by atoms with Gasteiger partial charge in [0.1, 0.15) is 0 Å². The van der Waals surface area contributed by atoms with Crippen molar-refractivity contribution in [3.05, 3.63) is 48.2 Å². The third kappa shape index (κ3) is 2.99.